The van der Waals surface area contributed by atoms with Crippen molar-refractivity contribution in [1.82, 2.24) is 4.98 Å². The van der Waals surface area contributed by atoms with E-state index in [4.69, 9.17) is 0 Å². The first-order valence-corrected chi connectivity index (χ1v) is 7.30. The van der Waals surface area contributed by atoms with E-state index < -0.39 is 0 Å². The fraction of sp³-hybridized carbons (Fsp3) is 0.375. The number of carbonyl (C=O) groups is 1. The lowest BCUT2D eigenvalue weighted by Crippen LogP contribution is -2.47. The summed E-state index contributed by atoms with van der Waals surface area (Å²) < 4.78 is 0. The first-order valence-electron chi connectivity index (χ1n) is 7.30. The number of rotatable bonds is 0. The molecule has 4 nitrogen and oxygen atoms in total. The molecule has 1 saturated heterocycles. The van der Waals surface area contributed by atoms with Crippen LogP contribution in [0.3, 0.4) is 0 Å². The number of anilines is 2. The maximum absolute atomic E-state index is 12.3. The second-order valence-corrected chi connectivity index (χ2v) is 5.59. The van der Waals surface area contributed by atoms with Gasteiger partial charge in [-0.3, -0.25) is 9.78 Å². The summed E-state index contributed by atoms with van der Waals surface area (Å²) >= 11 is 0. The first kappa shape index (κ1) is 11.7. The summed E-state index contributed by atoms with van der Waals surface area (Å²) in [5, 5.41) is 4.17. The minimum atomic E-state index is -0.0178. The number of para-hydroxylation sites is 1. The lowest BCUT2D eigenvalue weighted by Gasteiger charge is -2.37. The zero-order chi connectivity index (χ0) is 13.5. The maximum Gasteiger partial charge on any atom is 0.247 e. The van der Waals surface area contributed by atoms with E-state index in [9.17, 15) is 4.79 Å². The van der Waals surface area contributed by atoms with Crippen molar-refractivity contribution in [3.8, 4) is 0 Å². The van der Waals surface area contributed by atoms with Gasteiger partial charge in [0.15, 0.2) is 0 Å². The van der Waals surface area contributed by atoms with E-state index in [1.807, 2.05) is 18.2 Å². The molecule has 4 rings (SSSR count). The standard InChI is InChI=1S/C16H17N3O/c20-16-14-8-2-1-5-9-19(14)15-11-6-3-4-7-12(11)17-10-13(15)18-16/h3-4,6-7,10,14H,1-2,5,8-9H2,(H,18,20). The van der Waals surface area contributed by atoms with Crippen LogP contribution in [0, 0.1) is 0 Å². The number of hydrogen-bond donors (Lipinski definition) is 1. The SMILES string of the molecule is O=C1Nc2cnc3ccccc3c2N2CCCCCC12. The molecule has 1 unspecified atom stereocenters. The second kappa shape index (κ2) is 4.47. The van der Waals surface area contributed by atoms with Gasteiger partial charge in [0, 0.05) is 11.9 Å². The van der Waals surface area contributed by atoms with E-state index in [0.717, 1.165) is 48.1 Å². The Balaban J connectivity index is 1.95. The molecule has 2 aliphatic rings. The summed E-state index contributed by atoms with van der Waals surface area (Å²) in [5.74, 6) is 0.122. The number of nitrogens with zero attached hydrogens (tertiary/aromatic N) is 2. The third-order valence-electron chi connectivity index (χ3n) is 4.35. The molecule has 4 heteroatoms. The summed E-state index contributed by atoms with van der Waals surface area (Å²) in [7, 11) is 0. The van der Waals surface area contributed by atoms with E-state index in [2.05, 4.69) is 21.3 Å². The monoisotopic (exact) mass is 267 g/mol. The zero-order valence-corrected chi connectivity index (χ0v) is 11.3. The summed E-state index contributed by atoms with van der Waals surface area (Å²) in [6.45, 7) is 0.957. The van der Waals surface area contributed by atoms with Gasteiger partial charge in [0.1, 0.15) is 6.04 Å². The molecule has 2 aliphatic heterocycles. The lowest BCUT2D eigenvalue weighted by atomic mass is 10.0. The Morgan fingerprint density at radius 1 is 1.20 bits per heavy atom. The van der Waals surface area contributed by atoms with Gasteiger partial charge in [-0.25, -0.2) is 0 Å². The summed E-state index contributed by atoms with van der Waals surface area (Å²) in [6.07, 6.45) is 6.23. The molecule has 3 heterocycles. The van der Waals surface area contributed by atoms with E-state index in [0.29, 0.717) is 0 Å². The zero-order valence-electron chi connectivity index (χ0n) is 11.3. The Hall–Kier alpha value is -2.10. The summed E-state index contributed by atoms with van der Waals surface area (Å²) in [6, 6.07) is 8.14. The van der Waals surface area contributed by atoms with Crippen LogP contribution in [-0.2, 0) is 4.79 Å². The molecule has 20 heavy (non-hydrogen) atoms. The molecular weight excluding hydrogens is 250 g/mol. The van der Waals surface area contributed by atoms with E-state index in [-0.39, 0.29) is 11.9 Å². The highest BCUT2D eigenvalue weighted by atomic mass is 16.2. The third kappa shape index (κ3) is 1.68. The molecule has 0 spiro atoms. The van der Waals surface area contributed by atoms with Gasteiger partial charge in [0.25, 0.3) is 0 Å². The second-order valence-electron chi connectivity index (χ2n) is 5.59. The smallest absolute Gasteiger partial charge is 0.247 e. The Morgan fingerprint density at radius 3 is 3.05 bits per heavy atom. The molecule has 1 aromatic carbocycles. The van der Waals surface area contributed by atoms with Crippen molar-refractivity contribution < 1.29 is 4.79 Å². The van der Waals surface area contributed by atoms with Crippen LogP contribution in [-0.4, -0.2) is 23.5 Å². The predicted octanol–water partition coefficient (Wildman–Crippen LogP) is 2.94. The van der Waals surface area contributed by atoms with E-state index in [1.54, 1.807) is 6.20 Å². The van der Waals surface area contributed by atoms with Gasteiger partial charge in [-0.1, -0.05) is 31.0 Å². The van der Waals surface area contributed by atoms with Crippen LogP contribution in [0.15, 0.2) is 30.5 Å². The molecule has 1 aromatic heterocycles. The van der Waals surface area contributed by atoms with Crippen LogP contribution >= 0.6 is 0 Å². The number of hydrogen-bond acceptors (Lipinski definition) is 3. The highest BCUT2D eigenvalue weighted by molar-refractivity contribution is 6.10. The largest absolute Gasteiger partial charge is 0.357 e. The molecule has 0 radical (unpaired) electrons. The van der Waals surface area contributed by atoms with Gasteiger partial charge in [-0.05, 0) is 18.9 Å². The molecule has 1 atom stereocenters. The van der Waals surface area contributed by atoms with Crippen LogP contribution < -0.4 is 10.2 Å². The van der Waals surface area contributed by atoms with Crippen molar-refractivity contribution in [2.45, 2.75) is 31.7 Å². The number of aromatic nitrogens is 1. The lowest BCUT2D eigenvalue weighted by molar-refractivity contribution is -0.117. The van der Waals surface area contributed by atoms with Gasteiger partial charge < -0.3 is 10.2 Å². The molecule has 2 aromatic rings. The van der Waals surface area contributed by atoms with Crippen LogP contribution in [0.25, 0.3) is 10.9 Å². The number of amides is 1. The number of carbonyl (C=O) groups excluding carboxylic acids is 1. The summed E-state index contributed by atoms with van der Waals surface area (Å²) in [5.41, 5.74) is 3.00. The fourth-order valence-electron chi connectivity index (χ4n) is 3.39. The van der Waals surface area contributed by atoms with E-state index >= 15 is 0 Å². The molecule has 0 aliphatic carbocycles. The van der Waals surface area contributed by atoms with E-state index in [1.165, 1.54) is 6.42 Å². The van der Waals surface area contributed by atoms with Crippen molar-refractivity contribution in [3.05, 3.63) is 30.5 Å². The molecule has 0 saturated carbocycles. The first-order chi connectivity index (χ1) is 9.84. The van der Waals surface area contributed by atoms with Crippen molar-refractivity contribution >= 4 is 28.2 Å². The van der Waals surface area contributed by atoms with Crippen LogP contribution in [0.5, 0.6) is 0 Å². The average Bonchev–Trinajstić information content (AvgIpc) is 2.73. The molecule has 1 fully saturated rings. The maximum atomic E-state index is 12.3. The van der Waals surface area contributed by atoms with Gasteiger partial charge in [0.05, 0.1) is 23.1 Å². The molecule has 1 amide bonds. The molecule has 102 valence electrons. The van der Waals surface area contributed by atoms with Gasteiger partial charge in [-0.15, -0.1) is 0 Å². The third-order valence-corrected chi connectivity index (χ3v) is 4.35. The minimum absolute atomic E-state index is 0.0178. The van der Waals surface area contributed by atoms with Crippen molar-refractivity contribution in [1.29, 1.82) is 0 Å². The van der Waals surface area contributed by atoms with Crippen molar-refractivity contribution in [3.63, 3.8) is 0 Å². The highest BCUT2D eigenvalue weighted by Crippen LogP contribution is 2.39. The van der Waals surface area contributed by atoms with Crippen LogP contribution in [0.4, 0.5) is 11.4 Å². The Labute approximate surface area is 117 Å². The number of benzene rings is 1. The number of pyridine rings is 1. The fourth-order valence-corrected chi connectivity index (χ4v) is 3.39. The Kier molecular flexibility index (Phi) is 2.62. The molecular formula is C16H17N3O. The van der Waals surface area contributed by atoms with Gasteiger partial charge in [0.2, 0.25) is 5.91 Å². The molecule has 0 bridgehead atoms. The summed E-state index contributed by atoms with van der Waals surface area (Å²) in [4.78, 5) is 19.0. The Morgan fingerprint density at radius 2 is 2.10 bits per heavy atom. The quantitative estimate of drug-likeness (QED) is 0.798. The predicted molar refractivity (Wildman–Crippen MR) is 80.0 cm³/mol. The highest BCUT2D eigenvalue weighted by Gasteiger charge is 2.34. The minimum Gasteiger partial charge on any atom is -0.357 e. The number of fused-ring (bicyclic) bond motifs is 5. The van der Waals surface area contributed by atoms with Gasteiger partial charge >= 0.3 is 0 Å². The molecule has 1 N–H and O–H groups in total. The number of nitrogens with one attached hydrogen (secondary N) is 1. The van der Waals surface area contributed by atoms with Crippen molar-refractivity contribution in [2.75, 3.05) is 16.8 Å². The topological polar surface area (TPSA) is 45.2 Å². The van der Waals surface area contributed by atoms with Crippen LogP contribution in [0.2, 0.25) is 0 Å². The average molecular weight is 267 g/mol. The van der Waals surface area contributed by atoms with Gasteiger partial charge in [-0.2, -0.15) is 0 Å². The van der Waals surface area contributed by atoms with Crippen molar-refractivity contribution in [2.24, 2.45) is 0 Å². The normalized spacial score (nSPS) is 21.9. The Bertz CT molecular complexity index is 682. The van der Waals surface area contributed by atoms with Crippen LogP contribution in [0.1, 0.15) is 25.7 Å².